The number of benzene rings is 2. The Morgan fingerprint density at radius 3 is 2.44 bits per heavy atom. The van der Waals surface area contributed by atoms with Gasteiger partial charge in [-0.3, -0.25) is 9.59 Å². The summed E-state index contributed by atoms with van der Waals surface area (Å²) in [6, 6.07) is 13.3. The zero-order chi connectivity index (χ0) is 18.0. The third-order valence-electron chi connectivity index (χ3n) is 3.67. The number of nitrogens with one attached hydrogen (secondary N) is 1. The highest BCUT2D eigenvalue weighted by atomic mass is 16.2. The van der Waals surface area contributed by atoms with Gasteiger partial charge in [0.05, 0.1) is 5.56 Å². The molecule has 0 bridgehead atoms. The zero-order valence-corrected chi connectivity index (χ0v) is 13.6. The fourth-order valence-corrected chi connectivity index (χ4v) is 2.50. The molecule has 1 heterocycles. The second-order valence-corrected chi connectivity index (χ2v) is 5.53. The van der Waals surface area contributed by atoms with Crippen LogP contribution >= 0.6 is 0 Å². The van der Waals surface area contributed by atoms with Gasteiger partial charge in [-0.25, -0.2) is 5.10 Å². The first kappa shape index (κ1) is 16.3. The zero-order valence-electron chi connectivity index (χ0n) is 13.6. The van der Waals surface area contributed by atoms with E-state index >= 15 is 0 Å². The summed E-state index contributed by atoms with van der Waals surface area (Å²) in [5.41, 5.74) is 8.13. The molecule has 1 aromatic heterocycles. The van der Waals surface area contributed by atoms with Gasteiger partial charge < -0.3 is 10.6 Å². The monoisotopic (exact) mass is 335 g/mol. The molecule has 0 saturated carbocycles. The lowest BCUT2D eigenvalue weighted by atomic mass is 9.94. The van der Waals surface area contributed by atoms with Crippen molar-refractivity contribution in [3.05, 3.63) is 53.6 Å². The molecule has 0 aliphatic rings. The number of nitrogens with two attached hydrogens (primary N) is 1. The van der Waals surface area contributed by atoms with E-state index in [1.54, 1.807) is 50.5 Å². The molecule has 25 heavy (non-hydrogen) atoms. The summed E-state index contributed by atoms with van der Waals surface area (Å²) >= 11 is 0. The Morgan fingerprint density at radius 2 is 1.88 bits per heavy atom. The molecule has 0 unspecified atom stereocenters. The summed E-state index contributed by atoms with van der Waals surface area (Å²) in [5.74, 6) is -0.418. The van der Waals surface area contributed by atoms with Crippen LogP contribution in [0.5, 0.6) is 0 Å². The smallest absolute Gasteiger partial charge is 0.253 e. The summed E-state index contributed by atoms with van der Waals surface area (Å²) in [6.45, 7) is 0. The number of rotatable bonds is 4. The van der Waals surface area contributed by atoms with Crippen molar-refractivity contribution in [1.29, 1.82) is 0 Å². The van der Waals surface area contributed by atoms with Crippen LogP contribution in [0.3, 0.4) is 0 Å². The first-order valence-corrected chi connectivity index (χ1v) is 7.39. The molecule has 3 N–H and O–H groups in total. The number of primary amides is 1. The van der Waals surface area contributed by atoms with Crippen LogP contribution in [-0.2, 0) is 0 Å². The van der Waals surface area contributed by atoms with Crippen LogP contribution in [0.1, 0.15) is 20.7 Å². The van der Waals surface area contributed by atoms with Gasteiger partial charge in [-0.1, -0.05) is 24.3 Å². The minimum absolute atomic E-state index is 0.100. The van der Waals surface area contributed by atoms with Gasteiger partial charge in [0.25, 0.3) is 5.91 Å². The SMILES string of the molecule is CN(C)C(=O)c1ccc(-c2cc[c]c(-c3nnn[nH]3)c2C(N)=O)cc1. The van der Waals surface area contributed by atoms with E-state index in [1.165, 1.54) is 4.90 Å². The fourth-order valence-electron chi connectivity index (χ4n) is 2.50. The number of tetrazole rings is 1. The highest BCUT2D eigenvalue weighted by molar-refractivity contribution is 6.05. The maximum Gasteiger partial charge on any atom is 0.253 e. The molecule has 3 rings (SSSR count). The van der Waals surface area contributed by atoms with Crippen molar-refractivity contribution < 1.29 is 9.59 Å². The highest BCUT2D eigenvalue weighted by Gasteiger charge is 2.19. The van der Waals surface area contributed by atoms with Crippen molar-refractivity contribution in [2.75, 3.05) is 14.1 Å². The van der Waals surface area contributed by atoms with Gasteiger partial charge in [0, 0.05) is 25.2 Å². The van der Waals surface area contributed by atoms with Crippen molar-refractivity contribution in [2.45, 2.75) is 0 Å². The quantitative estimate of drug-likeness (QED) is 0.741. The second-order valence-electron chi connectivity index (χ2n) is 5.53. The molecule has 125 valence electrons. The minimum atomic E-state index is -0.619. The van der Waals surface area contributed by atoms with Crippen molar-refractivity contribution in [3.8, 4) is 22.5 Å². The summed E-state index contributed by atoms with van der Waals surface area (Å²) in [5, 5.41) is 13.4. The molecule has 0 saturated heterocycles. The Hall–Kier alpha value is -3.55. The number of nitrogens with zero attached hydrogens (tertiary/aromatic N) is 4. The van der Waals surface area contributed by atoms with E-state index in [1.807, 2.05) is 0 Å². The maximum atomic E-state index is 12.0. The van der Waals surface area contributed by atoms with Crippen molar-refractivity contribution in [3.63, 3.8) is 0 Å². The van der Waals surface area contributed by atoms with E-state index in [-0.39, 0.29) is 11.5 Å². The number of amides is 2. The van der Waals surface area contributed by atoms with E-state index in [9.17, 15) is 9.59 Å². The first-order chi connectivity index (χ1) is 12.0. The lowest BCUT2D eigenvalue weighted by molar-refractivity contribution is 0.0827. The van der Waals surface area contributed by atoms with E-state index in [0.717, 1.165) is 5.56 Å². The number of H-pyrrole nitrogens is 1. The van der Waals surface area contributed by atoms with E-state index < -0.39 is 5.91 Å². The van der Waals surface area contributed by atoms with Crippen LogP contribution < -0.4 is 5.73 Å². The molecule has 3 aromatic rings. The molecule has 8 nitrogen and oxygen atoms in total. The molecule has 0 aliphatic carbocycles. The van der Waals surface area contributed by atoms with Gasteiger partial charge in [-0.15, -0.1) is 5.10 Å². The third kappa shape index (κ3) is 3.09. The Kier molecular flexibility index (Phi) is 4.25. The number of hydrogen-bond donors (Lipinski definition) is 2. The molecule has 0 aliphatic heterocycles. The van der Waals surface area contributed by atoms with E-state index in [2.05, 4.69) is 26.7 Å². The Morgan fingerprint density at radius 1 is 1.16 bits per heavy atom. The summed E-state index contributed by atoms with van der Waals surface area (Å²) < 4.78 is 0. The van der Waals surface area contributed by atoms with Crippen LogP contribution in [0.2, 0.25) is 0 Å². The summed E-state index contributed by atoms with van der Waals surface area (Å²) in [6.07, 6.45) is 0. The first-order valence-electron chi connectivity index (χ1n) is 7.39. The number of aromatic amines is 1. The van der Waals surface area contributed by atoms with E-state index in [4.69, 9.17) is 5.73 Å². The van der Waals surface area contributed by atoms with Gasteiger partial charge >= 0.3 is 0 Å². The summed E-state index contributed by atoms with van der Waals surface area (Å²) in [7, 11) is 3.37. The van der Waals surface area contributed by atoms with Gasteiger partial charge in [0.2, 0.25) is 5.91 Å². The fraction of sp³-hybridized carbons (Fsp3) is 0.118. The molecule has 2 amide bonds. The number of carbonyl (C=O) groups excluding carboxylic acids is 2. The average Bonchev–Trinajstić information content (AvgIpc) is 3.15. The number of aromatic nitrogens is 4. The topological polar surface area (TPSA) is 118 Å². The molecule has 0 atom stereocenters. The standard InChI is InChI=1S/C17H15N6O2/c1-23(2)17(25)11-8-6-10(7-9-11)12-4-3-5-13(14(12)15(18)24)16-19-21-22-20-16/h3-4,6-9H,1-2H3,(H2,18,24)(H,19,20,21,22). The van der Waals surface area contributed by atoms with Crippen molar-refractivity contribution in [2.24, 2.45) is 5.73 Å². The largest absolute Gasteiger partial charge is 0.366 e. The lowest BCUT2D eigenvalue weighted by Crippen LogP contribution is -2.21. The minimum Gasteiger partial charge on any atom is -0.366 e. The normalized spacial score (nSPS) is 10.5. The van der Waals surface area contributed by atoms with Crippen LogP contribution in [0, 0.1) is 6.07 Å². The molecule has 2 aromatic carbocycles. The molecular weight excluding hydrogens is 320 g/mol. The van der Waals surface area contributed by atoms with E-state index in [0.29, 0.717) is 22.5 Å². The van der Waals surface area contributed by atoms with Gasteiger partial charge in [-0.2, -0.15) is 0 Å². The van der Waals surface area contributed by atoms with Gasteiger partial charge in [0.1, 0.15) is 0 Å². The van der Waals surface area contributed by atoms with Crippen molar-refractivity contribution >= 4 is 11.8 Å². The Bertz CT molecular complexity index is 917. The Labute approximate surface area is 143 Å². The number of carbonyl (C=O) groups is 2. The molecule has 0 fully saturated rings. The predicted molar refractivity (Wildman–Crippen MR) is 90.4 cm³/mol. The molecule has 1 radical (unpaired) electrons. The van der Waals surface area contributed by atoms with Crippen LogP contribution in [0.4, 0.5) is 0 Å². The lowest BCUT2D eigenvalue weighted by Gasteiger charge is -2.13. The number of hydrogen-bond acceptors (Lipinski definition) is 5. The highest BCUT2D eigenvalue weighted by Crippen LogP contribution is 2.30. The third-order valence-corrected chi connectivity index (χ3v) is 3.67. The van der Waals surface area contributed by atoms with Gasteiger partial charge in [0.15, 0.2) is 5.82 Å². The Balaban J connectivity index is 2.10. The molecule has 8 heteroatoms. The molecule has 0 spiro atoms. The van der Waals surface area contributed by atoms with Crippen LogP contribution in [0.25, 0.3) is 22.5 Å². The van der Waals surface area contributed by atoms with Crippen LogP contribution in [-0.4, -0.2) is 51.4 Å². The average molecular weight is 335 g/mol. The maximum absolute atomic E-state index is 12.0. The summed E-state index contributed by atoms with van der Waals surface area (Å²) in [4.78, 5) is 25.5. The van der Waals surface area contributed by atoms with Crippen LogP contribution in [0.15, 0.2) is 36.4 Å². The van der Waals surface area contributed by atoms with Gasteiger partial charge in [-0.05, 0) is 39.8 Å². The second kappa shape index (κ2) is 6.52. The van der Waals surface area contributed by atoms with Crippen molar-refractivity contribution in [1.82, 2.24) is 25.5 Å². The predicted octanol–water partition coefficient (Wildman–Crippen LogP) is 1.13. The molecular formula is C17H15N6O2.